The Labute approximate surface area is 111 Å². The maximum Gasteiger partial charge on any atom is 0.0976 e. The lowest BCUT2D eigenvalue weighted by molar-refractivity contribution is 0.0365. The Bertz CT molecular complexity index is 347. The van der Waals surface area contributed by atoms with E-state index in [4.69, 9.17) is 15.2 Å². The molecule has 1 aromatic rings. The van der Waals surface area contributed by atoms with Crippen LogP contribution in [0.15, 0.2) is 22.7 Å². The largest absolute Gasteiger partial charge is 0.382 e. The fraction of sp³-hybridized carbons (Fsp3) is 0.500. The molecule has 0 aliphatic heterocycles. The predicted octanol–water partition coefficient (Wildman–Crippen LogP) is 1.98. The molecule has 0 aliphatic carbocycles. The second kappa shape index (κ2) is 7.66. The van der Waals surface area contributed by atoms with Crippen molar-refractivity contribution in [2.24, 2.45) is 5.73 Å². The molecule has 0 fully saturated rings. The summed E-state index contributed by atoms with van der Waals surface area (Å²) in [6.45, 7) is 1.76. The van der Waals surface area contributed by atoms with E-state index in [2.05, 4.69) is 21.2 Å². The first kappa shape index (κ1) is 14.4. The van der Waals surface area contributed by atoms with Gasteiger partial charge >= 0.3 is 0 Å². The number of halogens is 1. The Hall–Kier alpha value is -0.620. The molecular formula is C12H19BrN2O2. The molecule has 0 spiro atoms. The lowest BCUT2D eigenvalue weighted by Gasteiger charge is -2.17. The standard InChI is InChI=1S/C12H19BrN2O2/c1-16-8-11(17-2)7-15-12-5-10(13)4-3-9(12)6-14/h3-5,11,15H,6-8,14H2,1-2H3. The minimum Gasteiger partial charge on any atom is -0.382 e. The van der Waals surface area contributed by atoms with E-state index in [9.17, 15) is 0 Å². The molecular weight excluding hydrogens is 284 g/mol. The molecule has 0 heterocycles. The molecule has 1 rings (SSSR count). The molecule has 17 heavy (non-hydrogen) atoms. The first-order valence-electron chi connectivity index (χ1n) is 5.45. The summed E-state index contributed by atoms with van der Waals surface area (Å²) in [5.74, 6) is 0. The van der Waals surface area contributed by atoms with Crippen LogP contribution in [0, 0.1) is 0 Å². The van der Waals surface area contributed by atoms with E-state index in [0.717, 1.165) is 15.7 Å². The van der Waals surface area contributed by atoms with Gasteiger partial charge in [0.15, 0.2) is 0 Å². The zero-order valence-corrected chi connectivity index (χ0v) is 11.8. The van der Waals surface area contributed by atoms with Gasteiger partial charge in [0.2, 0.25) is 0 Å². The molecule has 1 aromatic carbocycles. The second-order valence-electron chi connectivity index (χ2n) is 3.70. The van der Waals surface area contributed by atoms with Gasteiger partial charge in [-0.15, -0.1) is 0 Å². The Morgan fingerprint density at radius 2 is 2.18 bits per heavy atom. The topological polar surface area (TPSA) is 56.5 Å². The Kier molecular flexibility index (Phi) is 6.50. The van der Waals surface area contributed by atoms with Gasteiger partial charge in [-0.2, -0.15) is 0 Å². The van der Waals surface area contributed by atoms with Crippen LogP contribution < -0.4 is 11.1 Å². The predicted molar refractivity (Wildman–Crippen MR) is 73.2 cm³/mol. The normalized spacial score (nSPS) is 12.5. The number of ether oxygens (including phenoxy) is 2. The van der Waals surface area contributed by atoms with E-state index in [1.54, 1.807) is 14.2 Å². The zero-order valence-electron chi connectivity index (χ0n) is 10.2. The molecule has 0 amide bonds. The fourth-order valence-electron chi connectivity index (χ4n) is 1.51. The van der Waals surface area contributed by atoms with Crippen molar-refractivity contribution in [3.05, 3.63) is 28.2 Å². The van der Waals surface area contributed by atoms with E-state index in [0.29, 0.717) is 19.7 Å². The van der Waals surface area contributed by atoms with E-state index >= 15 is 0 Å². The van der Waals surface area contributed by atoms with Gasteiger partial charge in [0.05, 0.1) is 12.7 Å². The van der Waals surface area contributed by atoms with Crippen molar-refractivity contribution in [2.75, 3.05) is 32.7 Å². The van der Waals surface area contributed by atoms with Crippen molar-refractivity contribution in [2.45, 2.75) is 12.6 Å². The van der Waals surface area contributed by atoms with E-state index in [-0.39, 0.29) is 6.10 Å². The van der Waals surface area contributed by atoms with Crippen molar-refractivity contribution in [1.82, 2.24) is 0 Å². The minimum absolute atomic E-state index is 0.0320. The van der Waals surface area contributed by atoms with Crippen LogP contribution in [0.2, 0.25) is 0 Å². The number of nitrogens with two attached hydrogens (primary N) is 1. The molecule has 1 atom stereocenters. The molecule has 0 saturated heterocycles. The van der Waals surface area contributed by atoms with Crippen molar-refractivity contribution in [3.63, 3.8) is 0 Å². The van der Waals surface area contributed by atoms with Crippen molar-refractivity contribution >= 4 is 21.6 Å². The summed E-state index contributed by atoms with van der Waals surface area (Å²) in [5.41, 5.74) is 7.80. The first-order chi connectivity index (χ1) is 8.21. The lowest BCUT2D eigenvalue weighted by Crippen LogP contribution is -2.27. The summed E-state index contributed by atoms with van der Waals surface area (Å²) >= 11 is 3.44. The Morgan fingerprint density at radius 3 is 2.76 bits per heavy atom. The zero-order chi connectivity index (χ0) is 12.7. The summed E-state index contributed by atoms with van der Waals surface area (Å²) < 4.78 is 11.4. The third-order valence-electron chi connectivity index (χ3n) is 2.50. The van der Waals surface area contributed by atoms with Crippen molar-refractivity contribution < 1.29 is 9.47 Å². The van der Waals surface area contributed by atoms with Crippen LogP contribution in [0.5, 0.6) is 0 Å². The Balaban J connectivity index is 2.63. The van der Waals surface area contributed by atoms with Gasteiger partial charge in [0.1, 0.15) is 0 Å². The van der Waals surface area contributed by atoms with Gasteiger partial charge in [-0.25, -0.2) is 0 Å². The molecule has 3 N–H and O–H groups in total. The molecule has 1 unspecified atom stereocenters. The highest BCUT2D eigenvalue weighted by Gasteiger charge is 2.08. The van der Waals surface area contributed by atoms with Gasteiger partial charge in [-0.1, -0.05) is 22.0 Å². The van der Waals surface area contributed by atoms with Crippen LogP contribution in [-0.4, -0.2) is 33.5 Å². The summed E-state index contributed by atoms with van der Waals surface area (Å²) in [5, 5.41) is 3.33. The van der Waals surface area contributed by atoms with E-state index in [1.165, 1.54) is 0 Å². The van der Waals surface area contributed by atoms with Gasteiger partial charge in [0.25, 0.3) is 0 Å². The van der Waals surface area contributed by atoms with Gasteiger partial charge in [-0.3, -0.25) is 0 Å². The molecule has 4 nitrogen and oxygen atoms in total. The van der Waals surface area contributed by atoms with Crippen molar-refractivity contribution in [1.29, 1.82) is 0 Å². The average molecular weight is 303 g/mol. The average Bonchev–Trinajstić information content (AvgIpc) is 2.34. The first-order valence-corrected chi connectivity index (χ1v) is 6.24. The highest BCUT2D eigenvalue weighted by Crippen LogP contribution is 2.21. The van der Waals surface area contributed by atoms with Gasteiger partial charge in [0, 0.05) is 37.5 Å². The summed E-state index contributed by atoms with van der Waals surface area (Å²) in [7, 11) is 3.34. The molecule has 0 bridgehead atoms. The van der Waals surface area contributed by atoms with Gasteiger partial charge < -0.3 is 20.5 Å². The number of hydrogen-bond acceptors (Lipinski definition) is 4. The summed E-state index contributed by atoms with van der Waals surface area (Å²) in [6, 6.07) is 6.00. The molecule has 0 saturated carbocycles. The molecule has 0 aromatic heterocycles. The molecule has 0 radical (unpaired) electrons. The molecule has 0 aliphatic rings. The van der Waals surface area contributed by atoms with E-state index < -0.39 is 0 Å². The molecule has 96 valence electrons. The van der Waals surface area contributed by atoms with Crippen LogP contribution in [-0.2, 0) is 16.0 Å². The maximum atomic E-state index is 5.69. The van der Waals surface area contributed by atoms with Crippen LogP contribution in [0.1, 0.15) is 5.56 Å². The number of anilines is 1. The summed E-state index contributed by atoms with van der Waals surface area (Å²) in [6.07, 6.45) is 0.0320. The third kappa shape index (κ3) is 4.63. The number of rotatable bonds is 7. The fourth-order valence-corrected chi connectivity index (χ4v) is 1.87. The number of hydrogen-bond donors (Lipinski definition) is 2. The van der Waals surface area contributed by atoms with E-state index in [1.807, 2.05) is 18.2 Å². The van der Waals surface area contributed by atoms with Crippen LogP contribution in [0.3, 0.4) is 0 Å². The number of methoxy groups -OCH3 is 2. The van der Waals surface area contributed by atoms with Crippen LogP contribution >= 0.6 is 15.9 Å². The Morgan fingerprint density at radius 1 is 1.41 bits per heavy atom. The number of nitrogens with one attached hydrogen (secondary N) is 1. The lowest BCUT2D eigenvalue weighted by atomic mass is 10.1. The quantitative estimate of drug-likeness (QED) is 0.809. The van der Waals surface area contributed by atoms with Gasteiger partial charge in [-0.05, 0) is 17.7 Å². The SMILES string of the molecule is COCC(CNc1cc(Br)ccc1CN)OC. The molecule has 5 heteroatoms. The second-order valence-corrected chi connectivity index (χ2v) is 4.62. The highest BCUT2D eigenvalue weighted by molar-refractivity contribution is 9.10. The van der Waals surface area contributed by atoms with Crippen LogP contribution in [0.25, 0.3) is 0 Å². The minimum atomic E-state index is 0.0320. The highest BCUT2D eigenvalue weighted by atomic mass is 79.9. The summed E-state index contributed by atoms with van der Waals surface area (Å²) in [4.78, 5) is 0. The van der Waals surface area contributed by atoms with Crippen molar-refractivity contribution in [3.8, 4) is 0 Å². The third-order valence-corrected chi connectivity index (χ3v) is 2.99. The maximum absolute atomic E-state index is 5.69. The smallest absolute Gasteiger partial charge is 0.0976 e. The monoisotopic (exact) mass is 302 g/mol. The number of benzene rings is 1. The van der Waals surface area contributed by atoms with Crippen LogP contribution in [0.4, 0.5) is 5.69 Å².